The van der Waals surface area contributed by atoms with Crippen molar-refractivity contribution in [2.75, 3.05) is 19.7 Å². The van der Waals surface area contributed by atoms with E-state index in [0.717, 1.165) is 16.3 Å². The van der Waals surface area contributed by atoms with Gasteiger partial charge in [0.25, 0.3) is 5.91 Å². The number of carboxylic acid groups (broad SMARTS) is 1. The number of likely N-dealkylation sites (tertiary alicyclic amines) is 1. The second-order valence-electron chi connectivity index (χ2n) is 8.22. The molecule has 166 valence electrons. The average Bonchev–Trinajstić information content (AvgIpc) is 2.82. The predicted octanol–water partition coefficient (Wildman–Crippen LogP) is 4.21. The van der Waals surface area contributed by atoms with Gasteiger partial charge in [-0.3, -0.25) is 9.59 Å². The third kappa shape index (κ3) is 4.75. The Bertz CT molecular complexity index is 1100. The molecule has 3 aromatic carbocycles. The first-order valence-electron chi connectivity index (χ1n) is 10.9. The van der Waals surface area contributed by atoms with Crippen molar-refractivity contribution >= 4 is 22.6 Å². The number of carbonyl (C=O) groups excluding carboxylic acids is 1. The van der Waals surface area contributed by atoms with Gasteiger partial charge in [-0.1, -0.05) is 48.5 Å². The van der Waals surface area contributed by atoms with E-state index in [9.17, 15) is 14.7 Å². The van der Waals surface area contributed by atoms with Gasteiger partial charge in [0.1, 0.15) is 5.75 Å². The molecule has 6 nitrogen and oxygen atoms in total. The number of piperidine rings is 1. The van der Waals surface area contributed by atoms with Crippen LogP contribution >= 0.6 is 0 Å². The zero-order chi connectivity index (χ0) is 22.6. The molecule has 0 unspecified atom stereocenters. The highest BCUT2D eigenvalue weighted by molar-refractivity contribution is 6.07. The maximum Gasteiger partial charge on any atom is 0.303 e. The minimum Gasteiger partial charge on any atom is -0.494 e. The molecule has 1 fully saturated rings. The normalized spacial score (nSPS) is 15.5. The number of ether oxygens (including phenoxy) is 1. The second-order valence-corrected chi connectivity index (χ2v) is 8.22. The number of carboxylic acids is 1. The fourth-order valence-corrected chi connectivity index (χ4v) is 4.23. The molecule has 0 atom stereocenters. The minimum atomic E-state index is -0.989. The molecule has 1 aliphatic rings. The summed E-state index contributed by atoms with van der Waals surface area (Å²) in [6.07, 6.45) is 1.44. The number of nitrogens with zero attached hydrogens (tertiary/aromatic N) is 1. The molecule has 1 amide bonds. The van der Waals surface area contributed by atoms with E-state index in [1.807, 2.05) is 59.5 Å². The quantitative estimate of drug-likeness (QED) is 0.545. The van der Waals surface area contributed by atoms with Gasteiger partial charge in [-0.25, -0.2) is 0 Å². The summed E-state index contributed by atoms with van der Waals surface area (Å²) in [7, 11) is 0. The zero-order valence-corrected chi connectivity index (χ0v) is 17.9. The summed E-state index contributed by atoms with van der Waals surface area (Å²) in [4.78, 5) is 25.5. The van der Waals surface area contributed by atoms with Crippen LogP contribution in [-0.4, -0.2) is 46.7 Å². The van der Waals surface area contributed by atoms with Crippen LogP contribution in [0.2, 0.25) is 0 Å². The first kappa shape index (κ1) is 21.8. The van der Waals surface area contributed by atoms with Crippen LogP contribution in [-0.2, 0) is 10.4 Å². The van der Waals surface area contributed by atoms with Crippen molar-refractivity contribution in [1.82, 2.24) is 4.90 Å². The highest BCUT2D eigenvalue weighted by Gasteiger charge is 2.35. The Morgan fingerprint density at radius 1 is 0.938 bits per heavy atom. The molecular weight excluding hydrogens is 406 g/mol. The molecule has 0 bridgehead atoms. The van der Waals surface area contributed by atoms with Crippen LogP contribution in [0.5, 0.6) is 5.75 Å². The number of benzene rings is 3. The van der Waals surface area contributed by atoms with Gasteiger partial charge in [0, 0.05) is 25.1 Å². The van der Waals surface area contributed by atoms with Crippen LogP contribution in [0.15, 0.2) is 66.7 Å². The Morgan fingerprint density at radius 2 is 1.62 bits per heavy atom. The standard InChI is InChI=1S/C26H27NO5/c28-24(29)9-4-18-32-21-12-10-20(11-13-21)26(31)14-16-27(17-15-26)25(30)23-8-3-6-19-5-1-2-7-22(19)23/h1-3,5-8,10-13,31H,4,9,14-18H2,(H,28,29). The zero-order valence-electron chi connectivity index (χ0n) is 17.9. The van der Waals surface area contributed by atoms with Gasteiger partial charge in [-0.05, 0) is 53.8 Å². The van der Waals surface area contributed by atoms with E-state index in [0.29, 0.717) is 50.3 Å². The van der Waals surface area contributed by atoms with Gasteiger partial charge in [-0.2, -0.15) is 0 Å². The van der Waals surface area contributed by atoms with E-state index >= 15 is 0 Å². The lowest BCUT2D eigenvalue weighted by Gasteiger charge is -2.38. The monoisotopic (exact) mass is 433 g/mol. The van der Waals surface area contributed by atoms with Gasteiger partial charge < -0.3 is 19.8 Å². The van der Waals surface area contributed by atoms with Crippen LogP contribution in [0.4, 0.5) is 0 Å². The number of hydrogen-bond acceptors (Lipinski definition) is 4. The van der Waals surface area contributed by atoms with Gasteiger partial charge in [0.15, 0.2) is 0 Å². The maximum absolute atomic E-state index is 13.2. The number of hydrogen-bond donors (Lipinski definition) is 2. The molecule has 1 saturated heterocycles. The van der Waals surface area contributed by atoms with Gasteiger partial charge in [0.2, 0.25) is 0 Å². The molecule has 0 saturated carbocycles. The lowest BCUT2D eigenvalue weighted by molar-refractivity contribution is -0.137. The topological polar surface area (TPSA) is 87.1 Å². The molecule has 1 heterocycles. The van der Waals surface area contributed by atoms with Crippen molar-refractivity contribution in [2.45, 2.75) is 31.3 Å². The second kappa shape index (κ2) is 9.40. The number of amides is 1. The van der Waals surface area contributed by atoms with Crippen LogP contribution in [0.3, 0.4) is 0 Å². The van der Waals surface area contributed by atoms with E-state index in [1.165, 1.54) is 0 Å². The van der Waals surface area contributed by atoms with Gasteiger partial charge >= 0.3 is 5.97 Å². The smallest absolute Gasteiger partial charge is 0.303 e. The Balaban J connectivity index is 1.38. The Morgan fingerprint density at radius 3 is 2.34 bits per heavy atom. The Kier molecular flexibility index (Phi) is 6.42. The molecule has 0 spiro atoms. The molecule has 0 aliphatic carbocycles. The number of aliphatic hydroxyl groups is 1. The maximum atomic E-state index is 13.2. The Labute approximate surface area is 187 Å². The van der Waals surface area contributed by atoms with Gasteiger partial charge in [0.05, 0.1) is 12.2 Å². The van der Waals surface area contributed by atoms with E-state index < -0.39 is 11.6 Å². The van der Waals surface area contributed by atoms with Crippen LogP contribution in [0.25, 0.3) is 10.8 Å². The summed E-state index contributed by atoms with van der Waals surface area (Å²) >= 11 is 0. The van der Waals surface area contributed by atoms with Crippen LogP contribution in [0, 0.1) is 0 Å². The number of rotatable bonds is 7. The molecule has 32 heavy (non-hydrogen) atoms. The fraction of sp³-hybridized carbons (Fsp3) is 0.308. The van der Waals surface area contributed by atoms with E-state index in [2.05, 4.69) is 0 Å². The molecule has 4 rings (SSSR count). The number of aliphatic carboxylic acids is 1. The summed E-state index contributed by atoms with van der Waals surface area (Å²) in [6, 6.07) is 20.9. The van der Waals surface area contributed by atoms with Crippen molar-refractivity contribution in [2.24, 2.45) is 0 Å². The van der Waals surface area contributed by atoms with Gasteiger partial charge in [-0.15, -0.1) is 0 Å². The Hall–Kier alpha value is -3.38. The summed E-state index contributed by atoms with van der Waals surface area (Å²) in [5.74, 6) is -0.197. The molecule has 3 aromatic rings. The summed E-state index contributed by atoms with van der Waals surface area (Å²) in [5, 5.41) is 21.9. The van der Waals surface area contributed by atoms with E-state index in [1.54, 1.807) is 12.1 Å². The summed E-state index contributed by atoms with van der Waals surface area (Å²) < 4.78 is 5.57. The molecule has 0 aromatic heterocycles. The average molecular weight is 434 g/mol. The lowest BCUT2D eigenvalue weighted by Crippen LogP contribution is -2.45. The van der Waals surface area contributed by atoms with E-state index in [4.69, 9.17) is 9.84 Å². The van der Waals surface area contributed by atoms with Crippen molar-refractivity contribution in [3.63, 3.8) is 0 Å². The summed E-state index contributed by atoms with van der Waals surface area (Å²) in [6.45, 7) is 1.29. The first-order chi connectivity index (χ1) is 15.5. The predicted molar refractivity (Wildman–Crippen MR) is 122 cm³/mol. The largest absolute Gasteiger partial charge is 0.494 e. The molecule has 6 heteroatoms. The highest BCUT2D eigenvalue weighted by atomic mass is 16.5. The number of carbonyl (C=O) groups is 2. The van der Waals surface area contributed by atoms with Crippen molar-refractivity contribution < 1.29 is 24.5 Å². The highest BCUT2D eigenvalue weighted by Crippen LogP contribution is 2.34. The molecule has 1 aliphatic heterocycles. The lowest BCUT2D eigenvalue weighted by atomic mass is 9.84. The van der Waals surface area contributed by atoms with Crippen molar-refractivity contribution in [1.29, 1.82) is 0 Å². The molecule has 2 N–H and O–H groups in total. The molecule has 0 radical (unpaired) electrons. The number of fused-ring (bicyclic) bond motifs is 1. The third-order valence-electron chi connectivity index (χ3n) is 6.09. The fourth-order valence-electron chi connectivity index (χ4n) is 4.23. The third-order valence-corrected chi connectivity index (χ3v) is 6.09. The molecular formula is C26H27NO5. The van der Waals surface area contributed by atoms with Crippen LogP contribution in [0.1, 0.15) is 41.6 Å². The van der Waals surface area contributed by atoms with Crippen molar-refractivity contribution in [3.8, 4) is 5.75 Å². The summed E-state index contributed by atoms with van der Waals surface area (Å²) in [5.41, 5.74) is 0.503. The first-order valence-corrected chi connectivity index (χ1v) is 10.9. The van der Waals surface area contributed by atoms with Crippen molar-refractivity contribution in [3.05, 3.63) is 77.9 Å². The van der Waals surface area contributed by atoms with Crippen LogP contribution < -0.4 is 4.74 Å². The SMILES string of the molecule is O=C(O)CCCOc1ccc(C2(O)CCN(C(=O)c3cccc4ccccc34)CC2)cc1. The minimum absolute atomic E-state index is 0.00559. The van der Waals surface area contributed by atoms with E-state index in [-0.39, 0.29) is 12.3 Å².